The molecule has 0 amide bonds. The lowest BCUT2D eigenvalue weighted by Crippen LogP contribution is -2.42. The minimum atomic E-state index is -0.229. The summed E-state index contributed by atoms with van der Waals surface area (Å²) in [7, 11) is 0. The third kappa shape index (κ3) is 2.42. The zero-order valence-electron chi connectivity index (χ0n) is 10.9. The molecule has 1 N–H and O–H groups in total. The Morgan fingerprint density at radius 3 is 2.83 bits per heavy atom. The molecule has 0 radical (unpaired) electrons. The van der Waals surface area contributed by atoms with E-state index in [9.17, 15) is 5.11 Å². The van der Waals surface area contributed by atoms with E-state index in [-0.39, 0.29) is 6.10 Å². The van der Waals surface area contributed by atoms with Crippen molar-refractivity contribution in [2.24, 2.45) is 5.92 Å². The Kier molecular flexibility index (Phi) is 3.35. The molecule has 100 valence electrons. The number of rotatable bonds is 3. The predicted molar refractivity (Wildman–Crippen MR) is 66.0 cm³/mol. The first-order chi connectivity index (χ1) is 8.72. The standard InChI is InChI=1S/C13H21N3O2/c1-9-5-6-16(7-11(9)17)8-12-14-15-13(18-12)10-3-2-4-10/h9-11,17H,2-8H2,1H3. The van der Waals surface area contributed by atoms with Crippen LogP contribution in [0, 0.1) is 5.92 Å². The second-order valence-corrected chi connectivity index (χ2v) is 5.73. The number of aromatic nitrogens is 2. The van der Waals surface area contributed by atoms with Gasteiger partial charge in [-0.1, -0.05) is 13.3 Å². The summed E-state index contributed by atoms with van der Waals surface area (Å²) < 4.78 is 5.71. The first-order valence-electron chi connectivity index (χ1n) is 6.95. The van der Waals surface area contributed by atoms with Crippen molar-refractivity contribution in [2.75, 3.05) is 13.1 Å². The van der Waals surface area contributed by atoms with Crippen molar-refractivity contribution in [3.63, 3.8) is 0 Å². The number of hydrogen-bond donors (Lipinski definition) is 1. The minimum Gasteiger partial charge on any atom is -0.424 e. The number of aliphatic hydroxyl groups is 1. The molecular weight excluding hydrogens is 230 g/mol. The number of likely N-dealkylation sites (tertiary alicyclic amines) is 1. The first kappa shape index (κ1) is 12.1. The van der Waals surface area contributed by atoms with E-state index in [1.165, 1.54) is 19.3 Å². The molecule has 1 aromatic rings. The molecule has 0 spiro atoms. The van der Waals surface area contributed by atoms with Gasteiger partial charge in [0.1, 0.15) is 0 Å². The topological polar surface area (TPSA) is 62.4 Å². The van der Waals surface area contributed by atoms with E-state index >= 15 is 0 Å². The van der Waals surface area contributed by atoms with Gasteiger partial charge >= 0.3 is 0 Å². The van der Waals surface area contributed by atoms with Crippen LogP contribution >= 0.6 is 0 Å². The highest BCUT2D eigenvalue weighted by Gasteiger charge is 2.27. The van der Waals surface area contributed by atoms with Gasteiger partial charge in [0, 0.05) is 12.5 Å². The molecule has 2 atom stereocenters. The van der Waals surface area contributed by atoms with Crippen molar-refractivity contribution in [3.8, 4) is 0 Å². The van der Waals surface area contributed by atoms with Crippen LogP contribution < -0.4 is 0 Å². The summed E-state index contributed by atoms with van der Waals surface area (Å²) in [5.74, 6) is 2.40. The summed E-state index contributed by atoms with van der Waals surface area (Å²) in [6.07, 6.45) is 4.44. The predicted octanol–water partition coefficient (Wildman–Crippen LogP) is 1.54. The van der Waals surface area contributed by atoms with Crippen LogP contribution in [0.4, 0.5) is 0 Å². The van der Waals surface area contributed by atoms with Crippen molar-refractivity contribution in [3.05, 3.63) is 11.8 Å². The summed E-state index contributed by atoms with van der Waals surface area (Å²) in [5.41, 5.74) is 0. The Hall–Kier alpha value is -0.940. The van der Waals surface area contributed by atoms with Gasteiger partial charge in [-0.15, -0.1) is 10.2 Å². The molecule has 2 unspecified atom stereocenters. The van der Waals surface area contributed by atoms with Gasteiger partial charge in [-0.2, -0.15) is 0 Å². The molecule has 18 heavy (non-hydrogen) atoms. The molecule has 2 heterocycles. The Morgan fingerprint density at radius 1 is 1.33 bits per heavy atom. The zero-order chi connectivity index (χ0) is 12.5. The van der Waals surface area contributed by atoms with Gasteiger partial charge in [-0.3, -0.25) is 4.90 Å². The van der Waals surface area contributed by atoms with Crippen LogP contribution in [0.1, 0.15) is 50.3 Å². The number of hydrogen-bond acceptors (Lipinski definition) is 5. The highest BCUT2D eigenvalue weighted by Crippen LogP contribution is 2.35. The van der Waals surface area contributed by atoms with Crippen LogP contribution in [0.3, 0.4) is 0 Å². The molecule has 5 heteroatoms. The lowest BCUT2D eigenvalue weighted by Gasteiger charge is -2.33. The lowest BCUT2D eigenvalue weighted by atomic mass is 9.85. The molecule has 1 saturated heterocycles. The first-order valence-corrected chi connectivity index (χ1v) is 6.95. The summed E-state index contributed by atoms with van der Waals surface area (Å²) in [5, 5.41) is 18.1. The summed E-state index contributed by atoms with van der Waals surface area (Å²) in [6.45, 7) is 4.48. The Labute approximate surface area is 107 Å². The molecule has 1 aliphatic heterocycles. The smallest absolute Gasteiger partial charge is 0.230 e. The van der Waals surface area contributed by atoms with Crippen molar-refractivity contribution in [2.45, 2.75) is 51.2 Å². The van der Waals surface area contributed by atoms with Crippen LogP contribution in [0.2, 0.25) is 0 Å². The molecular formula is C13H21N3O2. The van der Waals surface area contributed by atoms with E-state index in [2.05, 4.69) is 22.0 Å². The van der Waals surface area contributed by atoms with Crippen molar-refractivity contribution in [1.82, 2.24) is 15.1 Å². The Balaban J connectivity index is 1.57. The SMILES string of the molecule is CC1CCN(Cc2nnc(C3CCC3)o2)CC1O. The van der Waals surface area contributed by atoms with Gasteiger partial charge in [-0.25, -0.2) is 0 Å². The maximum absolute atomic E-state index is 9.86. The third-order valence-electron chi connectivity index (χ3n) is 4.30. The van der Waals surface area contributed by atoms with Crippen molar-refractivity contribution < 1.29 is 9.52 Å². The maximum atomic E-state index is 9.86. The van der Waals surface area contributed by atoms with Crippen LogP contribution in [0.5, 0.6) is 0 Å². The number of nitrogens with zero attached hydrogens (tertiary/aromatic N) is 3. The number of piperidine rings is 1. The van der Waals surface area contributed by atoms with Gasteiger partial charge in [0.25, 0.3) is 0 Å². The summed E-state index contributed by atoms with van der Waals surface area (Å²) in [4.78, 5) is 2.20. The maximum Gasteiger partial charge on any atom is 0.230 e. The van der Waals surface area contributed by atoms with Crippen LogP contribution in [-0.4, -0.2) is 39.4 Å². The monoisotopic (exact) mass is 251 g/mol. The largest absolute Gasteiger partial charge is 0.424 e. The van der Waals surface area contributed by atoms with Gasteiger partial charge in [0.05, 0.1) is 12.6 Å². The van der Waals surface area contributed by atoms with Crippen LogP contribution in [0.25, 0.3) is 0 Å². The van der Waals surface area contributed by atoms with Crippen molar-refractivity contribution >= 4 is 0 Å². The number of β-amino-alcohol motifs (C(OH)–C–C–N with tert-alkyl or cyclic N) is 1. The lowest BCUT2D eigenvalue weighted by molar-refractivity contribution is 0.0225. The van der Waals surface area contributed by atoms with E-state index in [1.807, 2.05) is 0 Å². The molecule has 2 fully saturated rings. The van der Waals surface area contributed by atoms with E-state index in [1.54, 1.807) is 0 Å². The average molecular weight is 251 g/mol. The van der Waals surface area contributed by atoms with Crippen LogP contribution in [-0.2, 0) is 6.54 Å². The van der Waals surface area contributed by atoms with E-state index in [0.29, 0.717) is 30.8 Å². The molecule has 5 nitrogen and oxygen atoms in total. The second kappa shape index (κ2) is 4.97. The van der Waals surface area contributed by atoms with Crippen molar-refractivity contribution in [1.29, 1.82) is 0 Å². The average Bonchev–Trinajstić information content (AvgIpc) is 2.69. The normalized spacial score (nSPS) is 30.3. The molecule has 3 rings (SSSR count). The van der Waals surface area contributed by atoms with Gasteiger partial charge in [0.15, 0.2) is 0 Å². The molecule has 1 aliphatic carbocycles. The number of aliphatic hydroxyl groups excluding tert-OH is 1. The molecule has 1 aromatic heterocycles. The molecule has 0 aromatic carbocycles. The minimum absolute atomic E-state index is 0.229. The summed E-state index contributed by atoms with van der Waals surface area (Å²) >= 11 is 0. The molecule has 0 bridgehead atoms. The Bertz CT molecular complexity index is 403. The molecule has 2 aliphatic rings. The highest BCUT2D eigenvalue weighted by atomic mass is 16.4. The van der Waals surface area contributed by atoms with Gasteiger partial charge in [-0.05, 0) is 31.7 Å². The van der Waals surface area contributed by atoms with E-state index < -0.39 is 0 Å². The highest BCUT2D eigenvalue weighted by molar-refractivity contribution is 4.96. The van der Waals surface area contributed by atoms with E-state index in [0.717, 1.165) is 18.9 Å². The van der Waals surface area contributed by atoms with E-state index in [4.69, 9.17) is 4.42 Å². The quantitative estimate of drug-likeness (QED) is 0.883. The van der Waals surface area contributed by atoms with Gasteiger partial charge in [0.2, 0.25) is 11.8 Å². The molecule has 1 saturated carbocycles. The van der Waals surface area contributed by atoms with Gasteiger partial charge < -0.3 is 9.52 Å². The zero-order valence-corrected chi connectivity index (χ0v) is 10.9. The third-order valence-corrected chi connectivity index (χ3v) is 4.30. The Morgan fingerprint density at radius 2 is 2.17 bits per heavy atom. The summed E-state index contributed by atoms with van der Waals surface area (Å²) in [6, 6.07) is 0. The fraction of sp³-hybridized carbons (Fsp3) is 0.846. The van der Waals surface area contributed by atoms with Crippen LogP contribution in [0.15, 0.2) is 4.42 Å². The second-order valence-electron chi connectivity index (χ2n) is 5.73. The fourth-order valence-corrected chi connectivity index (χ4v) is 2.60. The fourth-order valence-electron chi connectivity index (χ4n) is 2.60.